The molecule has 0 radical (unpaired) electrons. The molecule has 18 heavy (non-hydrogen) atoms. The molecule has 2 heterocycles. The summed E-state index contributed by atoms with van der Waals surface area (Å²) in [5, 5.41) is 5.42. The molecule has 2 aliphatic heterocycles. The number of carbonyl (C=O) groups is 3. The number of amides is 3. The molecule has 2 saturated heterocycles. The number of hydrogen-bond donors (Lipinski definition) is 2. The molecular weight excluding hydrogens is 234 g/mol. The summed E-state index contributed by atoms with van der Waals surface area (Å²) in [5.41, 5.74) is 0. The molecule has 100 valence electrons. The fourth-order valence-electron chi connectivity index (χ4n) is 2.65. The van der Waals surface area contributed by atoms with Crippen LogP contribution >= 0.6 is 0 Å². The molecule has 6 nitrogen and oxygen atoms in total. The molecule has 2 rings (SSSR count). The molecule has 3 unspecified atom stereocenters. The number of nitrogens with one attached hydrogen (secondary N) is 2. The molecule has 0 spiro atoms. The predicted molar refractivity (Wildman–Crippen MR) is 64.5 cm³/mol. The van der Waals surface area contributed by atoms with E-state index >= 15 is 0 Å². The maximum absolute atomic E-state index is 12.4. The smallest absolute Gasteiger partial charge is 0.249 e. The third-order valence-electron chi connectivity index (χ3n) is 3.72. The topological polar surface area (TPSA) is 78.5 Å². The van der Waals surface area contributed by atoms with Crippen LogP contribution in [0.5, 0.6) is 0 Å². The monoisotopic (exact) mass is 253 g/mol. The summed E-state index contributed by atoms with van der Waals surface area (Å²) in [6.07, 6.45) is 1.47. The molecule has 2 aliphatic rings. The van der Waals surface area contributed by atoms with Crippen molar-refractivity contribution in [2.24, 2.45) is 5.92 Å². The predicted octanol–water partition coefficient (Wildman–Crippen LogP) is -0.752. The summed E-state index contributed by atoms with van der Waals surface area (Å²) in [6.45, 7) is 4.64. The first-order valence-electron chi connectivity index (χ1n) is 6.42. The summed E-state index contributed by atoms with van der Waals surface area (Å²) in [4.78, 5) is 36.9. The summed E-state index contributed by atoms with van der Waals surface area (Å²) in [5.74, 6) is -0.651. The van der Waals surface area contributed by atoms with Crippen LogP contribution in [0.25, 0.3) is 0 Å². The van der Waals surface area contributed by atoms with Gasteiger partial charge >= 0.3 is 0 Å². The Balaban J connectivity index is 2.15. The van der Waals surface area contributed by atoms with Crippen molar-refractivity contribution in [3.8, 4) is 0 Å². The maximum Gasteiger partial charge on any atom is 0.249 e. The van der Waals surface area contributed by atoms with Crippen LogP contribution in [-0.2, 0) is 14.4 Å². The van der Waals surface area contributed by atoms with E-state index in [0.29, 0.717) is 6.42 Å². The fourth-order valence-corrected chi connectivity index (χ4v) is 2.65. The highest BCUT2D eigenvalue weighted by atomic mass is 16.2. The van der Waals surface area contributed by atoms with E-state index in [9.17, 15) is 14.4 Å². The SMILES string of the molecule is CCC1C(=O)NC(=O)CN1C(=O)C1NCCC1C. The fraction of sp³-hybridized carbons (Fsp3) is 0.750. The Bertz CT molecular complexity index is 383. The van der Waals surface area contributed by atoms with Crippen LogP contribution in [0.3, 0.4) is 0 Å². The van der Waals surface area contributed by atoms with Gasteiger partial charge in [-0.2, -0.15) is 0 Å². The number of piperazine rings is 1. The van der Waals surface area contributed by atoms with Crippen LogP contribution in [0.15, 0.2) is 0 Å². The first-order chi connectivity index (χ1) is 8.54. The van der Waals surface area contributed by atoms with Gasteiger partial charge in [0.2, 0.25) is 17.7 Å². The highest BCUT2D eigenvalue weighted by molar-refractivity contribution is 6.04. The molecule has 0 bridgehead atoms. The van der Waals surface area contributed by atoms with Crippen molar-refractivity contribution in [3.63, 3.8) is 0 Å². The van der Waals surface area contributed by atoms with Gasteiger partial charge in [-0.25, -0.2) is 0 Å². The van der Waals surface area contributed by atoms with Crippen LogP contribution in [0.4, 0.5) is 0 Å². The van der Waals surface area contributed by atoms with Gasteiger partial charge in [0.15, 0.2) is 0 Å². The van der Waals surface area contributed by atoms with Gasteiger partial charge < -0.3 is 10.2 Å². The summed E-state index contributed by atoms with van der Waals surface area (Å²) < 4.78 is 0. The summed E-state index contributed by atoms with van der Waals surface area (Å²) in [6, 6.07) is -0.789. The minimum atomic E-state index is -0.523. The van der Waals surface area contributed by atoms with Crippen LogP contribution < -0.4 is 10.6 Å². The molecule has 0 aromatic rings. The van der Waals surface area contributed by atoms with E-state index in [1.54, 1.807) is 0 Å². The highest BCUT2D eigenvalue weighted by Crippen LogP contribution is 2.19. The molecule has 2 fully saturated rings. The van der Waals surface area contributed by atoms with E-state index in [1.807, 2.05) is 13.8 Å². The summed E-state index contributed by atoms with van der Waals surface area (Å²) in [7, 11) is 0. The lowest BCUT2D eigenvalue weighted by Gasteiger charge is -2.35. The molecule has 0 aliphatic carbocycles. The van der Waals surface area contributed by atoms with Gasteiger partial charge in [-0.1, -0.05) is 13.8 Å². The van der Waals surface area contributed by atoms with Crippen molar-refractivity contribution in [1.29, 1.82) is 0 Å². The van der Waals surface area contributed by atoms with Crippen molar-refractivity contribution in [1.82, 2.24) is 15.5 Å². The van der Waals surface area contributed by atoms with Crippen LogP contribution in [0, 0.1) is 5.92 Å². The maximum atomic E-state index is 12.4. The van der Waals surface area contributed by atoms with Gasteiger partial charge in [-0.05, 0) is 25.3 Å². The second-order valence-electron chi connectivity index (χ2n) is 5.00. The average molecular weight is 253 g/mol. The van der Waals surface area contributed by atoms with E-state index in [-0.39, 0.29) is 30.3 Å². The van der Waals surface area contributed by atoms with Gasteiger partial charge in [0.05, 0.1) is 6.04 Å². The van der Waals surface area contributed by atoms with Crippen molar-refractivity contribution in [2.75, 3.05) is 13.1 Å². The zero-order chi connectivity index (χ0) is 13.3. The average Bonchev–Trinajstić information content (AvgIpc) is 2.73. The van der Waals surface area contributed by atoms with Crippen LogP contribution in [0.1, 0.15) is 26.7 Å². The molecule has 3 amide bonds. The Morgan fingerprint density at radius 3 is 2.72 bits per heavy atom. The lowest BCUT2D eigenvalue weighted by Crippen LogP contribution is -2.62. The standard InChI is InChI=1S/C12H19N3O3/c1-3-8-11(17)14-9(16)6-15(8)12(18)10-7(2)4-5-13-10/h7-8,10,13H,3-6H2,1-2H3,(H,14,16,17). The van der Waals surface area contributed by atoms with Gasteiger partial charge in [-0.3, -0.25) is 19.7 Å². The van der Waals surface area contributed by atoms with E-state index in [2.05, 4.69) is 10.6 Å². The molecule has 2 N–H and O–H groups in total. The quantitative estimate of drug-likeness (QED) is 0.635. The molecule has 3 atom stereocenters. The Labute approximate surface area is 106 Å². The minimum Gasteiger partial charge on any atom is -0.320 e. The number of imide groups is 1. The van der Waals surface area contributed by atoms with Crippen molar-refractivity contribution in [2.45, 2.75) is 38.8 Å². The minimum absolute atomic E-state index is 0.0199. The van der Waals surface area contributed by atoms with Crippen molar-refractivity contribution < 1.29 is 14.4 Å². The largest absolute Gasteiger partial charge is 0.320 e. The Hall–Kier alpha value is -1.43. The number of nitrogens with zero attached hydrogens (tertiary/aromatic N) is 1. The van der Waals surface area contributed by atoms with Gasteiger partial charge in [0.1, 0.15) is 12.6 Å². The van der Waals surface area contributed by atoms with Gasteiger partial charge in [-0.15, -0.1) is 0 Å². The first-order valence-corrected chi connectivity index (χ1v) is 6.42. The zero-order valence-corrected chi connectivity index (χ0v) is 10.7. The molecule has 0 aromatic heterocycles. The third-order valence-corrected chi connectivity index (χ3v) is 3.72. The summed E-state index contributed by atoms with van der Waals surface area (Å²) >= 11 is 0. The van der Waals surface area contributed by atoms with Gasteiger partial charge in [0.25, 0.3) is 0 Å². The zero-order valence-electron chi connectivity index (χ0n) is 10.7. The molecular formula is C12H19N3O3. The van der Waals surface area contributed by atoms with Gasteiger partial charge in [0, 0.05) is 0 Å². The first kappa shape index (κ1) is 13.0. The normalized spacial score (nSPS) is 32.6. The van der Waals surface area contributed by atoms with Crippen LogP contribution in [-0.4, -0.2) is 47.8 Å². The van der Waals surface area contributed by atoms with E-state index in [1.165, 1.54) is 4.90 Å². The van der Waals surface area contributed by atoms with E-state index in [4.69, 9.17) is 0 Å². The Morgan fingerprint density at radius 1 is 1.44 bits per heavy atom. The lowest BCUT2D eigenvalue weighted by atomic mass is 10.00. The third kappa shape index (κ3) is 2.25. The lowest BCUT2D eigenvalue weighted by molar-refractivity contribution is -0.151. The van der Waals surface area contributed by atoms with Crippen LogP contribution in [0.2, 0.25) is 0 Å². The second kappa shape index (κ2) is 5.06. The Morgan fingerprint density at radius 2 is 2.17 bits per heavy atom. The molecule has 0 saturated carbocycles. The number of rotatable bonds is 2. The van der Waals surface area contributed by atoms with Crippen molar-refractivity contribution >= 4 is 17.7 Å². The molecule has 0 aromatic carbocycles. The van der Waals surface area contributed by atoms with E-state index in [0.717, 1.165) is 13.0 Å². The number of hydrogen-bond acceptors (Lipinski definition) is 4. The number of carbonyl (C=O) groups excluding carboxylic acids is 3. The Kier molecular flexibility index (Phi) is 3.65. The van der Waals surface area contributed by atoms with Crippen molar-refractivity contribution in [3.05, 3.63) is 0 Å². The second-order valence-corrected chi connectivity index (χ2v) is 5.00. The highest BCUT2D eigenvalue weighted by Gasteiger charge is 2.40. The van der Waals surface area contributed by atoms with E-state index < -0.39 is 11.9 Å². The molecule has 6 heteroatoms.